The molecule has 1 heterocycles. The quantitative estimate of drug-likeness (QED) is 0.688. The molecule has 104 valence electrons. The van der Waals surface area contributed by atoms with Crippen LogP contribution in [0.5, 0.6) is 0 Å². The van der Waals surface area contributed by atoms with Gasteiger partial charge in [-0.05, 0) is 11.8 Å². The smallest absolute Gasteiger partial charge is 0.326 e. The zero-order valence-electron chi connectivity index (χ0n) is 11.1. The molecule has 0 radical (unpaired) electrons. The van der Waals surface area contributed by atoms with Crippen molar-refractivity contribution >= 4 is 12.0 Å². The van der Waals surface area contributed by atoms with Gasteiger partial charge in [-0.3, -0.25) is 0 Å². The number of rotatable bonds is 3. The van der Waals surface area contributed by atoms with Gasteiger partial charge in [0.2, 0.25) is 0 Å². The molecule has 6 nitrogen and oxygen atoms in total. The van der Waals surface area contributed by atoms with Crippen molar-refractivity contribution in [1.29, 1.82) is 0 Å². The first-order valence-electron chi connectivity index (χ1n) is 6.14. The molecule has 1 aliphatic rings. The Hall–Kier alpha value is -1.30. The van der Waals surface area contributed by atoms with Crippen LogP contribution in [0, 0.1) is 11.3 Å². The number of aliphatic hydroxyl groups is 1. The summed E-state index contributed by atoms with van der Waals surface area (Å²) < 4.78 is 0. The van der Waals surface area contributed by atoms with Gasteiger partial charge in [-0.1, -0.05) is 20.8 Å². The Morgan fingerprint density at radius 1 is 1.44 bits per heavy atom. The van der Waals surface area contributed by atoms with Gasteiger partial charge >= 0.3 is 12.0 Å². The van der Waals surface area contributed by atoms with E-state index in [9.17, 15) is 9.59 Å². The van der Waals surface area contributed by atoms with Crippen LogP contribution in [0.25, 0.3) is 0 Å². The first-order chi connectivity index (χ1) is 8.25. The molecule has 18 heavy (non-hydrogen) atoms. The molecule has 0 bridgehead atoms. The van der Waals surface area contributed by atoms with Crippen molar-refractivity contribution in [3.63, 3.8) is 0 Å². The number of carbonyl (C=O) groups excluding carboxylic acids is 1. The Bertz CT molecular complexity index is 325. The van der Waals surface area contributed by atoms with Crippen LogP contribution in [0.2, 0.25) is 0 Å². The highest BCUT2D eigenvalue weighted by Gasteiger charge is 2.35. The Morgan fingerprint density at radius 2 is 2.06 bits per heavy atom. The first-order valence-corrected chi connectivity index (χ1v) is 6.14. The summed E-state index contributed by atoms with van der Waals surface area (Å²) in [5, 5.41) is 20.7. The minimum absolute atomic E-state index is 0.0609. The third-order valence-corrected chi connectivity index (χ3v) is 3.21. The molecule has 0 spiro atoms. The molecule has 1 aliphatic heterocycles. The van der Waals surface area contributed by atoms with E-state index in [0.29, 0.717) is 13.1 Å². The van der Waals surface area contributed by atoms with Crippen molar-refractivity contribution in [3.05, 3.63) is 0 Å². The zero-order chi connectivity index (χ0) is 13.9. The lowest BCUT2D eigenvalue weighted by Gasteiger charge is -2.29. The van der Waals surface area contributed by atoms with Crippen molar-refractivity contribution in [2.75, 3.05) is 19.7 Å². The highest BCUT2D eigenvalue weighted by molar-refractivity contribution is 5.83. The van der Waals surface area contributed by atoms with Gasteiger partial charge in [0.1, 0.15) is 6.04 Å². The lowest BCUT2D eigenvalue weighted by atomic mass is 9.87. The molecule has 1 rings (SSSR count). The van der Waals surface area contributed by atoms with E-state index in [1.54, 1.807) is 25.7 Å². The second kappa shape index (κ2) is 5.56. The number of urea groups is 1. The van der Waals surface area contributed by atoms with Crippen molar-refractivity contribution in [1.82, 2.24) is 10.2 Å². The fourth-order valence-corrected chi connectivity index (χ4v) is 2.03. The van der Waals surface area contributed by atoms with Crippen LogP contribution in [-0.4, -0.2) is 52.9 Å². The number of carbonyl (C=O) groups is 2. The van der Waals surface area contributed by atoms with Crippen LogP contribution in [-0.2, 0) is 4.79 Å². The molecule has 2 unspecified atom stereocenters. The molecule has 0 aromatic heterocycles. The lowest BCUT2D eigenvalue weighted by molar-refractivity contribution is -0.142. The molecular formula is C12H22N2O4. The van der Waals surface area contributed by atoms with E-state index in [1.807, 2.05) is 0 Å². The van der Waals surface area contributed by atoms with Crippen LogP contribution in [0.1, 0.15) is 27.2 Å². The summed E-state index contributed by atoms with van der Waals surface area (Å²) in [7, 11) is 0. The molecule has 2 amide bonds. The first kappa shape index (κ1) is 14.8. The fourth-order valence-electron chi connectivity index (χ4n) is 2.03. The monoisotopic (exact) mass is 258 g/mol. The maximum atomic E-state index is 11.9. The number of hydrogen-bond acceptors (Lipinski definition) is 3. The summed E-state index contributed by atoms with van der Waals surface area (Å²) in [6.45, 7) is 6.42. The average molecular weight is 258 g/mol. The van der Waals surface area contributed by atoms with Gasteiger partial charge in [0.25, 0.3) is 0 Å². The van der Waals surface area contributed by atoms with Gasteiger partial charge in [0.05, 0.1) is 0 Å². The molecule has 0 saturated carbocycles. The van der Waals surface area contributed by atoms with Crippen LogP contribution < -0.4 is 5.32 Å². The van der Waals surface area contributed by atoms with Crippen molar-refractivity contribution in [3.8, 4) is 0 Å². The number of aliphatic hydroxyl groups excluding tert-OH is 1. The van der Waals surface area contributed by atoms with E-state index >= 15 is 0 Å². The maximum absolute atomic E-state index is 11.9. The second-order valence-corrected chi connectivity index (χ2v) is 5.87. The van der Waals surface area contributed by atoms with E-state index in [-0.39, 0.29) is 18.6 Å². The fraction of sp³-hybridized carbons (Fsp3) is 0.833. The van der Waals surface area contributed by atoms with E-state index in [0.717, 1.165) is 6.42 Å². The standard InChI is InChI=1S/C12H22N2O4/c1-12(2,3)9(10(16)17)13-11(18)14-5-4-8(6-14)7-15/h8-9,15H,4-7H2,1-3H3,(H,13,18)(H,16,17). The summed E-state index contributed by atoms with van der Waals surface area (Å²) in [6.07, 6.45) is 0.761. The second-order valence-electron chi connectivity index (χ2n) is 5.87. The minimum atomic E-state index is -1.03. The minimum Gasteiger partial charge on any atom is -0.480 e. The SMILES string of the molecule is CC(C)(C)C(NC(=O)N1CCC(CO)C1)C(=O)O. The largest absolute Gasteiger partial charge is 0.480 e. The van der Waals surface area contributed by atoms with E-state index in [1.165, 1.54) is 0 Å². The van der Waals surface area contributed by atoms with Crippen molar-refractivity contribution in [2.24, 2.45) is 11.3 Å². The number of nitrogens with one attached hydrogen (secondary N) is 1. The summed E-state index contributed by atoms with van der Waals surface area (Å²) in [4.78, 5) is 24.6. The molecule has 3 N–H and O–H groups in total. The van der Waals surface area contributed by atoms with Gasteiger partial charge in [-0.15, -0.1) is 0 Å². The molecule has 0 aromatic carbocycles. The van der Waals surface area contributed by atoms with Gasteiger partial charge in [-0.25, -0.2) is 9.59 Å². The highest BCUT2D eigenvalue weighted by atomic mass is 16.4. The van der Waals surface area contributed by atoms with Crippen LogP contribution in [0.4, 0.5) is 4.79 Å². The summed E-state index contributed by atoms with van der Waals surface area (Å²) in [5.74, 6) is -0.928. The number of carboxylic acids is 1. The van der Waals surface area contributed by atoms with Crippen LogP contribution in [0.3, 0.4) is 0 Å². The summed E-state index contributed by atoms with van der Waals surface area (Å²) in [6, 6.07) is -1.29. The van der Waals surface area contributed by atoms with Gasteiger partial charge in [0, 0.05) is 25.6 Å². The number of amides is 2. The van der Waals surface area contributed by atoms with E-state index in [2.05, 4.69) is 5.32 Å². The molecule has 2 atom stereocenters. The molecule has 0 aliphatic carbocycles. The Balaban J connectivity index is 2.60. The van der Waals surface area contributed by atoms with Gasteiger partial charge in [-0.2, -0.15) is 0 Å². The van der Waals surface area contributed by atoms with Crippen molar-refractivity contribution < 1.29 is 19.8 Å². The molecular weight excluding hydrogens is 236 g/mol. The number of hydrogen-bond donors (Lipinski definition) is 3. The predicted molar refractivity (Wildman–Crippen MR) is 66.2 cm³/mol. The van der Waals surface area contributed by atoms with Crippen molar-refractivity contribution in [2.45, 2.75) is 33.2 Å². The zero-order valence-corrected chi connectivity index (χ0v) is 11.1. The Kier molecular flexibility index (Phi) is 4.56. The normalized spacial score (nSPS) is 21.8. The molecule has 6 heteroatoms. The van der Waals surface area contributed by atoms with E-state index in [4.69, 9.17) is 10.2 Å². The van der Waals surface area contributed by atoms with Gasteiger partial charge < -0.3 is 20.4 Å². The topological polar surface area (TPSA) is 89.9 Å². The van der Waals surface area contributed by atoms with Crippen LogP contribution in [0.15, 0.2) is 0 Å². The van der Waals surface area contributed by atoms with Gasteiger partial charge in [0.15, 0.2) is 0 Å². The maximum Gasteiger partial charge on any atom is 0.326 e. The Morgan fingerprint density at radius 3 is 2.44 bits per heavy atom. The third-order valence-electron chi connectivity index (χ3n) is 3.21. The lowest BCUT2D eigenvalue weighted by Crippen LogP contribution is -2.52. The third kappa shape index (κ3) is 3.60. The molecule has 1 fully saturated rings. The predicted octanol–water partition coefficient (Wildman–Crippen LogP) is 0.509. The summed E-state index contributed by atoms with van der Waals surface area (Å²) in [5.41, 5.74) is -0.544. The Labute approximate surface area is 107 Å². The number of carboxylic acid groups (broad SMARTS) is 1. The highest BCUT2D eigenvalue weighted by Crippen LogP contribution is 2.21. The molecule has 0 aromatic rings. The summed E-state index contributed by atoms with van der Waals surface area (Å²) >= 11 is 0. The average Bonchev–Trinajstić information content (AvgIpc) is 2.71. The molecule has 1 saturated heterocycles. The number of likely N-dealkylation sites (tertiary alicyclic amines) is 1. The van der Waals surface area contributed by atoms with E-state index < -0.39 is 17.4 Å². The number of aliphatic carboxylic acids is 1. The number of nitrogens with zero attached hydrogens (tertiary/aromatic N) is 1. The van der Waals surface area contributed by atoms with Crippen LogP contribution >= 0.6 is 0 Å².